The SMILES string of the molecule is Clc1ccc(Nc2cccc3c2CCCC3)nn1. The molecule has 1 heterocycles. The zero-order chi connectivity index (χ0) is 12.4. The van der Waals surface area contributed by atoms with Gasteiger partial charge in [-0.25, -0.2) is 0 Å². The van der Waals surface area contributed by atoms with Gasteiger partial charge in [-0.2, -0.15) is 0 Å². The minimum Gasteiger partial charge on any atom is -0.338 e. The van der Waals surface area contributed by atoms with Crippen molar-refractivity contribution in [2.45, 2.75) is 25.7 Å². The van der Waals surface area contributed by atoms with Crippen LogP contribution in [0, 0.1) is 0 Å². The molecule has 0 saturated carbocycles. The fourth-order valence-electron chi connectivity index (χ4n) is 2.42. The molecule has 1 N–H and O–H groups in total. The number of halogens is 1. The summed E-state index contributed by atoms with van der Waals surface area (Å²) >= 11 is 5.73. The van der Waals surface area contributed by atoms with Crippen LogP contribution >= 0.6 is 11.6 Å². The van der Waals surface area contributed by atoms with Crippen molar-refractivity contribution in [1.82, 2.24) is 10.2 Å². The average Bonchev–Trinajstić information content (AvgIpc) is 2.42. The summed E-state index contributed by atoms with van der Waals surface area (Å²) in [7, 11) is 0. The summed E-state index contributed by atoms with van der Waals surface area (Å²) < 4.78 is 0. The Balaban J connectivity index is 1.90. The number of fused-ring (bicyclic) bond motifs is 1. The molecule has 18 heavy (non-hydrogen) atoms. The van der Waals surface area contributed by atoms with Crippen LogP contribution in [-0.2, 0) is 12.8 Å². The van der Waals surface area contributed by atoms with Gasteiger partial charge in [0, 0.05) is 5.69 Å². The van der Waals surface area contributed by atoms with Crippen LogP contribution < -0.4 is 5.32 Å². The summed E-state index contributed by atoms with van der Waals surface area (Å²) in [6.07, 6.45) is 4.87. The Morgan fingerprint density at radius 3 is 2.72 bits per heavy atom. The molecule has 0 aliphatic heterocycles. The normalized spacial score (nSPS) is 14.1. The molecule has 1 aromatic carbocycles. The summed E-state index contributed by atoms with van der Waals surface area (Å²) in [6.45, 7) is 0. The van der Waals surface area contributed by atoms with Crippen LogP contribution in [0.25, 0.3) is 0 Å². The van der Waals surface area contributed by atoms with E-state index in [0.717, 1.165) is 17.9 Å². The van der Waals surface area contributed by atoms with Gasteiger partial charge in [0.1, 0.15) is 0 Å². The van der Waals surface area contributed by atoms with Gasteiger partial charge < -0.3 is 5.32 Å². The van der Waals surface area contributed by atoms with Gasteiger partial charge in [0.15, 0.2) is 11.0 Å². The van der Waals surface area contributed by atoms with Crippen LogP contribution in [0.1, 0.15) is 24.0 Å². The molecule has 3 nitrogen and oxygen atoms in total. The van der Waals surface area contributed by atoms with Crippen molar-refractivity contribution in [3.8, 4) is 0 Å². The van der Waals surface area contributed by atoms with E-state index in [1.54, 1.807) is 6.07 Å². The van der Waals surface area contributed by atoms with E-state index in [2.05, 4.69) is 33.7 Å². The highest BCUT2D eigenvalue weighted by atomic mass is 35.5. The molecule has 2 aromatic rings. The number of rotatable bonds is 2. The van der Waals surface area contributed by atoms with Crippen molar-refractivity contribution in [1.29, 1.82) is 0 Å². The standard InChI is InChI=1S/C14H14ClN3/c15-13-8-9-14(18-17-13)16-12-7-3-5-10-4-1-2-6-11(10)12/h3,5,7-9H,1-2,4,6H2,(H,16,18). The maximum Gasteiger partial charge on any atom is 0.153 e. The predicted octanol–water partition coefficient (Wildman–Crippen LogP) is 3.75. The van der Waals surface area contributed by atoms with E-state index < -0.39 is 0 Å². The van der Waals surface area contributed by atoms with Gasteiger partial charge in [0.2, 0.25) is 0 Å². The fraction of sp³-hybridized carbons (Fsp3) is 0.286. The molecule has 0 saturated heterocycles. The summed E-state index contributed by atoms with van der Waals surface area (Å²) in [5, 5.41) is 11.6. The summed E-state index contributed by atoms with van der Waals surface area (Å²) in [5.41, 5.74) is 4.01. The Hall–Kier alpha value is -1.61. The highest BCUT2D eigenvalue weighted by molar-refractivity contribution is 6.29. The molecule has 0 atom stereocenters. The molecule has 0 bridgehead atoms. The van der Waals surface area contributed by atoms with Crippen molar-refractivity contribution in [2.75, 3.05) is 5.32 Å². The lowest BCUT2D eigenvalue weighted by molar-refractivity contribution is 0.687. The lowest BCUT2D eigenvalue weighted by atomic mass is 9.90. The number of aryl methyl sites for hydroxylation is 1. The lowest BCUT2D eigenvalue weighted by Gasteiger charge is -2.19. The second-order valence-electron chi connectivity index (χ2n) is 4.52. The number of hydrogen-bond acceptors (Lipinski definition) is 3. The first-order valence-electron chi connectivity index (χ1n) is 6.20. The van der Waals surface area contributed by atoms with E-state index in [1.165, 1.54) is 30.4 Å². The second-order valence-corrected chi connectivity index (χ2v) is 4.90. The number of anilines is 2. The maximum atomic E-state index is 5.73. The highest BCUT2D eigenvalue weighted by Gasteiger charge is 2.13. The first kappa shape index (κ1) is 11.5. The van der Waals surface area contributed by atoms with Crippen LogP contribution in [0.3, 0.4) is 0 Å². The Morgan fingerprint density at radius 2 is 1.89 bits per heavy atom. The number of benzene rings is 1. The van der Waals surface area contributed by atoms with Gasteiger partial charge in [-0.1, -0.05) is 23.7 Å². The van der Waals surface area contributed by atoms with Crippen molar-refractivity contribution in [3.63, 3.8) is 0 Å². The topological polar surface area (TPSA) is 37.8 Å². The third-order valence-corrected chi connectivity index (χ3v) is 3.49. The average molecular weight is 260 g/mol. The van der Waals surface area contributed by atoms with Crippen LogP contribution in [0.5, 0.6) is 0 Å². The van der Waals surface area contributed by atoms with E-state index in [0.29, 0.717) is 5.15 Å². The van der Waals surface area contributed by atoms with Gasteiger partial charge in [-0.05, 0) is 55.0 Å². The van der Waals surface area contributed by atoms with Crippen molar-refractivity contribution >= 4 is 23.1 Å². The monoisotopic (exact) mass is 259 g/mol. The second kappa shape index (κ2) is 4.94. The molecule has 4 heteroatoms. The number of nitrogens with zero attached hydrogens (tertiary/aromatic N) is 2. The van der Waals surface area contributed by atoms with Gasteiger partial charge in [-0.3, -0.25) is 0 Å². The zero-order valence-electron chi connectivity index (χ0n) is 9.99. The van der Waals surface area contributed by atoms with Crippen LogP contribution in [0.4, 0.5) is 11.5 Å². The molecule has 0 radical (unpaired) electrons. The van der Waals surface area contributed by atoms with E-state index in [9.17, 15) is 0 Å². The molecular weight excluding hydrogens is 246 g/mol. The third-order valence-electron chi connectivity index (χ3n) is 3.29. The minimum absolute atomic E-state index is 0.413. The fourth-order valence-corrected chi connectivity index (χ4v) is 2.52. The third kappa shape index (κ3) is 2.31. The minimum atomic E-state index is 0.413. The van der Waals surface area contributed by atoms with Gasteiger partial charge in [-0.15, -0.1) is 10.2 Å². The summed E-state index contributed by atoms with van der Waals surface area (Å²) in [5.74, 6) is 0.735. The van der Waals surface area contributed by atoms with Gasteiger partial charge in [0.05, 0.1) is 0 Å². The highest BCUT2D eigenvalue weighted by Crippen LogP contribution is 2.29. The predicted molar refractivity (Wildman–Crippen MR) is 73.4 cm³/mol. The van der Waals surface area contributed by atoms with E-state index in [4.69, 9.17) is 11.6 Å². The Kier molecular flexibility index (Phi) is 3.15. The molecule has 92 valence electrons. The van der Waals surface area contributed by atoms with E-state index in [-0.39, 0.29) is 0 Å². The Labute approximate surface area is 111 Å². The van der Waals surface area contributed by atoms with Gasteiger partial charge in [0.25, 0.3) is 0 Å². The maximum absolute atomic E-state index is 5.73. The molecule has 3 rings (SSSR count). The number of hydrogen-bond donors (Lipinski definition) is 1. The smallest absolute Gasteiger partial charge is 0.153 e. The summed E-state index contributed by atoms with van der Waals surface area (Å²) in [6, 6.07) is 9.99. The Morgan fingerprint density at radius 1 is 1.00 bits per heavy atom. The quantitative estimate of drug-likeness (QED) is 0.893. The first-order valence-corrected chi connectivity index (χ1v) is 6.58. The summed E-state index contributed by atoms with van der Waals surface area (Å²) in [4.78, 5) is 0. The Bertz CT molecular complexity index is 551. The largest absolute Gasteiger partial charge is 0.338 e. The van der Waals surface area contributed by atoms with Crippen molar-refractivity contribution < 1.29 is 0 Å². The molecule has 0 spiro atoms. The van der Waals surface area contributed by atoms with Crippen LogP contribution in [-0.4, -0.2) is 10.2 Å². The number of aromatic nitrogens is 2. The van der Waals surface area contributed by atoms with Gasteiger partial charge >= 0.3 is 0 Å². The number of nitrogens with one attached hydrogen (secondary N) is 1. The molecule has 0 amide bonds. The zero-order valence-corrected chi connectivity index (χ0v) is 10.7. The van der Waals surface area contributed by atoms with Crippen LogP contribution in [0.15, 0.2) is 30.3 Å². The van der Waals surface area contributed by atoms with E-state index in [1.807, 2.05) is 6.07 Å². The molecule has 1 aliphatic carbocycles. The molecule has 0 fully saturated rings. The first-order chi connectivity index (χ1) is 8.83. The molecular formula is C14H14ClN3. The molecule has 1 aromatic heterocycles. The van der Waals surface area contributed by atoms with E-state index >= 15 is 0 Å². The van der Waals surface area contributed by atoms with Crippen molar-refractivity contribution in [2.24, 2.45) is 0 Å². The molecule has 0 unspecified atom stereocenters. The van der Waals surface area contributed by atoms with Crippen molar-refractivity contribution in [3.05, 3.63) is 46.6 Å². The lowest BCUT2D eigenvalue weighted by Crippen LogP contribution is -2.06. The van der Waals surface area contributed by atoms with Crippen LogP contribution in [0.2, 0.25) is 5.15 Å². The molecule has 1 aliphatic rings.